The van der Waals surface area contributed by atoms with Gasteiger partial charge in [-0.05, 0) is 0 Å². The summed E-state index contributed by atoms with van der Waals surface area (Å²) in [7, 11) is 7.14. The Bertz CT molecular complexity index is 2270. The molecule has 0 radical (unpaired) electrons. The van der Waals surface area contributed by atoms with Crippen LogP contribution in [0.3, 0.4) is 0 Å². The van der Waals surface area contributed by atoms with Crippen molar-refractivity contribution < 1.29 is 6.51 Å². The second-order valence-corrected chi connectivity index (χ2v) is 43.9. The molecule has 3 aromatic rings. The molecule has 14 aliphatic rings. The van der Waals surface area contributed by atoms with Gasteiger partial charge in [0.25, 0.3) is 0 Å². The molecule has 4 nitrogen and oxygen atoms in total. The first-order valence-corrected chi connectivity index (χ1v) is 24.7. The van der Waals surface area contributed by atoms with Gasteiger partial charge in [0.1, 0.15) is 0 Å². The van der Waals surface area contributed by atoms with Crippen LogP contribution in [-0.2, 0) is 16.0 Å². The van der Waals surface area contributed by atoms with Crippen molar-refractivity contribution >= 4 is 18.5 Å². The van der Waals surface area contributed by atoms with E-state index in [1.807, 2.05) is 30.4 Å². The predicted molar refractivity (Wildman–Crippen MR) is 168 cm³/mol. The van der Waals surface area contributed by atoms with Crippen molar-refractivity contribution in [2.75, 3.05) is 6.16 Å². The van der Waals surface area contributed by atoms with Gasteiger partial charge in [0.2, 0.25) is 0 Å². The fourth-order valence-corrected chi connectivity index (χ4v) is 112. The summed E-state index contributed by atoms with van der Waals surface area (Å²) in [6.07, 6.45) is 21.1. The molecule has 0 N–H and O–H groups in total. The van der Waals surface area contributed by atoms with E-state index in [1.165, 1.54) is 43.2 Å². The molecule has 7 unspecified atom stereocenters. The maximum absolute atomic E-state index is 5.29. The zero-order valence-electron chi connectivity index (χ0n) is 24.2. The van der Waals surface area contributed by atoms with Crippen molar-refractivity contribution in [3.8, 4) is 0 Å². The first kappa shape index (κ1) is 21.5. The van der Waals surface area contributed by atoms with E-state index in [0.717, 1.165) is 57.4 Å². The van der Waals surface area contributed by atoms with Crippen LogP contribution in [0.1, 0.15) is 49.1 Å². The van der Waals surface area contributed by atoms with E-state index < -0.39 is 6.51 Å². The van der Waals surface area contributed by atoms with Gasteiger partial charge in [0, 0.05) is 0 Å². The number of hydrogen-bond donors (Lipinski definition) is 0. The molecular weight excluding hydrogens is 606 g/mol. The number of hydrogen-bond acceptors (Lipinski definition) is 4. The second kappa shape index (κ2) is 3.45. The molecule has 1 spiro atoms. The summed E-state index contributed by atoms with van der Waals surface area (Å²) in [6, 6.07) is 12.3. The fourth-order valence-electron chi connectivity index (χ4n) is 27.5. The minimum absolute atomic E-state index is 0.275. The van der Waals surface area contributed by atoms with Crippen molar-refractivity contribution in [1.82, 2.24) is 19.9 Å². The zero-order chi connectivity index (χ0) is 27.7. The fraction of sp³-hybridized carbons (Fsp3) is 0.611. The molecule has 43 heavy (non-hydrogen) atoms. The molecule has 17 rings (SSSR count). The van der Waals surface area contributed by atoms with Crippen LogP contribution in [0.2, 0.25) is 42.3 Å². The summed E-state index contributed by atoms with van der Waals surface area (Å²) in [4.78, 5) is 27.9. The summed E-state index contributed by atoms with van der Waals surface area (Å²) in [6.45, 7) is -4.50. The molecule has 10 saturated heterocycles. The van der Waals surface area contributed by atoms with Crippen LogP contribution >= 0.6 is 18.5 Å². The number of fused-ring (bicyclic) bond motifs is 11. The van der Waals surface area contributed by atoms with Crippen LogP contribution in [0.4, 0.5) is 0 Å². The van der Waals surface area contributed by atoms with Gasteiger partial charge in [-0.25, -0.2) is 0 Å². The second-order valence-electron chi connectivity index (χ2n) is 19.8. The molecule has 4 aliphatic carbocycles. The molecule has 12 heterocycles. The van der Waals surface area contributed by atoms with Crippen LogP contribution in [-0.4, -0.2) is 26.1 Å². The van der Waals surface area contributed by atoms with Crippen LogP contribution in [0.5, 0.6) is 0 Å². The number of benzene rings is 1. The van der Waals surface area contributed by atoms with Gasteiger partial charge < -0.3 is 0 Å². The molecule has 7 heteroatoms. The van der Waals surface area contributed by atoms with Crippen molar-refractivity contribution in [1.29, 1.82) is 0 Å². The summed E-state index contributed by atoms with van der Waals surface area (Å²) in [5.41, 5.74) is 4.72. The number of rotatable bonds is 6. The third-order valence-corrected chi connectivity index (χ3v) is 69.8. The predicted octanol–water partition coefficient (Wildman–Crippen LogP) is 7.94. The monoisotopic (exact) mass is 644 g/mol. The molecule has 1 aromatic carbocycles. The Morgan fingerprint density at radius 1 is 0.744 bits per heavy atom. The zero-order valence-corrected chi connectivity index (χ0v) is 27.7. The van der Waals surface area contributed by atoms with Crippen molar-refractivity contribution in [2.24, 2.45) is 29.1 Å². The van der Waals surface area contributed by atoms with E-state index >= 15 is 0 Å². The molecule has 10 aliphatic heterocycles. The normalized spacial score (nSPS) is 72.5. The molecule has 7 atom stereocenters. The van der Waals surface area contributed by atoms with Gasteiger partial charge in [-0.2, -0.15) is 0 Å². The Hall–Kier alpha value is -1.24. The Morgan fingerprint density at radius 2 is 1.30 bits per heavy atom. The summed E-state index contributed by atoms with van der Waals surface area (Å²) >= 11 is 0. The summed E-state index contributed by atoms with van der Waals surface area (Å²) < 4.78 is 1.55. The van der Waals surface area contributed by atoms with Crippen LogP contribution in [0, 0.1) is 29.1 Å². The molecular formula is C36H38FeN4P2. The van der Waals surface area contributed by atoms with Gasteiger partial charge in [0.15, 0.2) is 0 Å². The first-order chi connectivity index (χ1) is 20.9. The molecule has 4 saturated carbocycles. The standard InChI is InChI=1S/C31H33N4P2.C5H5.Fe/c36-19-30(24-11-20-10-21(13-24)14-25(30)12-20)26-15-23(22-4-2-1-3-5-22)16-27(26)31(37,28-17-32-6-8-34-28)29-18-33-7-9-35-29;1-2-4-5-3-1;/h1-9,15-18,20-21,24-25H,10-14,19,36-37H2;1-5H;. The van der Waals surface area contributed by atoms with E-state index in [9.17, 15) is 0 Å². The Labute approximate surface area is 247 Å². The van der Waals surface area contributed by atoms with E-state index in [1.54, 1.807) is 6.42 Å². The third-order valence-electron chi connectivity index (χ3n) is 24.3. The van der Waals surface area contributed by atoms with E-state index in [4.69, 9.17) is 19.9 Å². The SMILES string of the molecule is PCC1([C]23[CH]4[C]5(c6ccccc6)[CH]6[C]2(C(P)(c2cnccn2)c2cnccn2)[Fe]64532789[CH]3[CH]2[CH]7[CH]8[CH]39)C2CC3CC(C2)CC1C3. The maximum atomic E-state index is 5.29. The Morgan fingerprint density at radius 3 is 1.77 bits per heavy atom. The average molecular weight is 645 g/mol. The summed E-state index contributed by atoms with van der Waals surface area (Å²) in [5, 5.41) is -0.275. The molecule has 14 fully saturated rings. The van der Waals surface area contributed by atoms with Crippen LogP contribution in [0.25, 0.3) is 0 Å². The van der Waals surface area contributed by atoms with Gasteiger partial charge in [0.05, 0.1) is 0 Å². The topological polar surface area (TPSA) is 51.6 Å². The number of aromatic nitrogens is 4. The van der Waals surface area contributed by atoms with Gasteiger partial charge in [-0.3, -0.25) is 0 Å². The van der Waals surface area contributed by atoms with E-state index in [-0.39, 0.29) is 5.16 Å². The molecule has 2 aromatic heterocycles. The van der Waals surface area contributed by atoms with E-state index in [0.29, 0.717) is 18.4 Å². The van der Waals surface area contributed by atoms with Gasteiger partial charge in [-0.1, -0.05) is 0 Å². The quantitative estimate of drug-likeness (QED) is 0.202. The Balaban J connectivity index is 1.13. The van der Waals surface area contributed by atoms with Crippen molar-refractivity contribution in [2.45, 2.75) is 83.9 Å². The molecule has 220 valence electrons. The van der Waals surface area contributed by atoms with Crippen LogP contribution in [0.15, 0.2) is 67.5 Å². The average Bonchev–Trinajstić information content (AvgIpc) is 4.00. The summed E-state index contributed by atoms with van der Waals surface area (Å²) in [5.74, 6) is 3.92. The van der Waals surface area contributed by atoms with Gasteiger partial charge in [-0.15, -0.1) is 0 Å². The molecule has 4 bridgehead atoms. The van der Waals surface area contributed by atoms with Crippen molar-refractivity contribution in [3.05, 3.63) is 84.5 Å². The van der Waals surface area contributed by atoms with Crippen molar-refractivity contribution in [3.63, 3.8) is 0 Å². The van der Waals surface area contributed by atoms with Crippen LogP contribution < -0.4 is 0 Å². The number of nitrogens with zero attached hydrogens (tertiary/aromatic N) is 4. The van der Waals surface area contributed by atoms with Gasteiger partial charge >= 0.3 is 249 Å². The Kier molecular flexibility index (Phi) is 1.73. The van der Waals surface area contributed by atoms with E-state index in [2.05, 4.69) is 61.2 Å². The third kappa shape index (κ3) is 0.550. The molecule has 0 amide bonds. The first-order valence-electron chi connectivity index (χ1n) is 17.1. The minimum atomic E-state index is -4.50.